The zero-order valence-corrected chi connectivity index (χ0v) is 11.9. The Bertz CT molecular complexity index is 533. The van der Waals surface area contributed by atoms with Crippen molar-refractivity contribution in [2.45, 2.75) is 50.7 Å². The van der Waals surface area contributed by atoms with Crippen molar-refractivity contribution in [2.75, 3.05) is 7.05 Å². The van der Waals surface area contributed by atoms with E-state index in [2.05, 4.69) is 5.32 Å². The van der Waals surface area contributed by atoms with Crippen molar-refractivity contribution in [1.29, 1.82) is 0 Å². The molecule has 3 rings (SSSR count). The first-order valence-electron chi connectivity index (χ1n) is 7.21. The van der Waals surface area contributed by atoms with E-state index in [-0.39, 0.29) is 11.0 Å². The molecule has 2 saturated carbocycles. The molecule has 110 valence electrons. The monoisotopic (exact) mass is 283 g/mol. The van der Waals surface area contributed by atoms with Gasteiger partial charge in [-0.25, -0.2) is 13.2 Å². The van der Waals surface area contributed by atoms with E-state index in [0.29, 0.717) is 37.7 Å². The minimum Gasteiger partial charge on any atom is -0.312 e. The third-order valence-electron chi connectivity index (χ3n) is 5.32. The van der Waals surface area contributed by atoms with E-state index < -0.39 is 23.3 Å². The Hall–Kier alpha value is -1.03. The number of alkyl halides is 1. The van der Waals surface area contributed by atoms with Crippen molar-refractivity contribution in [3.8, 4) is 0 Å². The van der Waals surface area contributed by atoms with E-state index in [1.807, 2.05) is 0 Å². The molecule has 2 aliphatic carbocycles. The molecular formula is C16H20F3N. The lowest BCUT2D eigenvalue weighted by molar-refractivity contribution is 0.174. The fourth-order valence-corrected chi connectivity index (χ4v) is 4.27. The fraction of sp³-hybridized carbons (Fsp3) is 0.625. The van der Waals surface area contributed by atoms with Crippen LogP contribution in [0.15, 0.2) is 12.1 Å². The Morgan fingerprint density at radius 3 is 2.30 bits per heavy atom. The molecule has 4 heteroatoms. The second kappa shape index (κ2) is 4.48. The van der Waals surface area contributed by atoms with Gasteiger partial charge in [0.2, 0.25) is 0 Å². The standard InChI is InChI=1S/C16H20F3N/c1-10-3-4-11(17)12(13(10)18)14(20-2)15-5-7-16(19,9-15)8-6-15/h3-4,14,20H,5-9H2,1-2H3. The molecule has 1 aromatic rings. The van der Waals surface area contributed by atoms with Crippen molar-refractivity contribution in [3.63, 3.8) is 0 Å². The minimum absolute atomic E-state index is 0.0821. The minimum atomic E-state index is -1.12. The second-order valence-electron chi connectivity index (χ2n) is 6.50. The topological polar surface area (TPSA) is 12.0 Å². The number of fused-ring (bicyclic) bond motifs is 2. The molecule has 2 bridgehead atoms. The Kier molecular flexibility index (Phi) is 3.12. The second-order valence-corrected chi connectivity index (χ2v) is 6.50. The molecule has 1 unspecified atom stereocenters. The zero-order chi connectivity index (χ0) is 14.5. The van der Waals surface area contributed by atoms with Gasteiger partial charge in [-0.05, 0) is 63.1 Å². The van der Waals surface area contributed by atoms with Crippen LogP contribution in [0.1, 0.15) is 49.3 Å². The third-order valence-corrected chi connectivity index (χ3v) is 5.32. The lowest BCUT2D eigenvalue weighted by Crippen LogP contribution is -2.35. The van der Waals surface area contributed by atoms with Crippen molar-refractivity contribution < 1.29 is 13.2 Å². The lowest BCUT2D eigenvalue weighted by Gasteiger charge is -2.36. The molecule has 1 nitrogen and oxygen atoms in total. The van der Waals surface area contributed by atoms with Crippen LogP contribution >= 0.6 is 0 Å². The largest absolute Gasteiger partial charge is 0.312 e. The highest BCUT2D eigenvalue weighted by molar-refractivity contribution is 5.32. The van der Waals surface area contributed by atoms with E-state index in [9.17, 15) is 13.2 Å². The molecular weight excluding hydrogens is 263 g/mol. The van der Waals surface area contributed by atoms with Gasteiger partial charge in [-0.2, -0.15) is 0 Å². The Labute approximate surface area is 117 Å². The van der Waals surface area contributed by atoms with Gasteiger partial charge in [-0.3, -0.25) is 0 Å². The zero-order valence-electron chi connectivity index (χ0n) is 11.9. The van der Waals surface area contributed by atoms with Crippen molar-refractivity contribution in [2.24, 2.45) is 5.41 Å². The molecule has 0 spiro atoms. The SMILES string of the molecule is CNC(c1c(F)ccc(C)c1F)C12CCC(F)(CC1)C2. The van der Waals surface area contributed by atoms with E-state index in [1.54, 1.807) is 14.0 Å². The van der Waals surface area contributed by atoms with Crippen LogP contribution in [-0.4, -0.2) is 12.7 Å². The van der Waals surface area contributed by atoms with Crippen LogP contribution in [0.2, 0.25) is 0 Å². The van der Waals surface area contributed by atoms with Gasteiger partial charge in [-0.15, -0.1) is 0 Å². The van der Waals surface area contributed by atoms with Crippen LogP contribution in [0.25, 0.3) is 0 Å². The molecule has 0 radical (unpaired) electrons. The predicted molar refractivity (Wildman–Crippen MR) is 72.3 cm³/mol. The molecule has 2 aliphatic rings. The summed E-state index contributed by atoms with van der Waals surface area (Å²) in [5.74, 6) is -1.04. The molecule has 1 aromatic carbocycles. The number of halogens is 3. The summed E-state index contributed by atoms with van der Waals surface area (Å²) < 4.78 is 43.0. The van der Waals surface area contributed by atoms with Gasteiger partial charge in [0.1, 0.15) is 17.3 Å². The predicted octanol–water partition coefficient (Wildman–Crippen LogP) is 4.21. The number of hydrogen-bond acceptors (Lipinski definition) is 1. The number of nitrogens with one attached hydrogen (secondary N) is 1. The fourth-order valence-electron chi connectivity index (χ4n) is 4.27. The summed E-state index contributed by atoms with van der Waals surface area (Å²) in [4.78, 5) is 0. The summed E-state index contributed by atoms with van der Waals surface area (Å²) in [5, 5.41) is 3.06. The van der Waals surface area contributed by atoms with E-state index in [1.165, 1.54) is 12.1 Å². The molecule has 0 amide bonds. The van der Waals surface area contributed by atoms with Crippen molar-refractivity contribution >= 4 is 0 Å². The first-order valence-corrected chi connectivity index (χ1v) is 7.21. The van der Waals surface area contributed by atoms with E-state index >= 15 is 0 Å². The summed E-state index contributed by atoms with van der Waals surface area (Å²) in [5.41, 5.74) is -0.954. The van der Waals surface area contributed by atoms with Crippen LogP contribution in [0.3, 0.4) is 0 Å². The summed E-state index contributed by atoms with van der Waals surface area (Å²) in [6.45, 7) is 1.63. The number of rotatable bonds is 3. The Balaban J connectivity index is 2.06. The van der Waals surface area contributed by atoms with Gasteiger partial charge in [0.15, 0.2) is 0 Å². The number of hydrogen-bond donors (Lipinski definition) is 1. The summed E-state index contributed by atoms with van der Waals surface area (Å²) in [6.07, 6.45) is 2.84. The first kappa shape index (κ1) is 13.9. The number of aryl methyl sites for hydroxylation is 1. The van der Waals surface area contributed by atoms with Gasteiger partial charge in [-0.1, -0.05) is 6.07 Å². The van der Waals surface area contributed by atoms with Crippen molar-refractivity contribution in [3.05, 3.63) is 34.9 Å². The van der Waals surface area contributed by atoms with Crippen LogP contribution in [0.5, 0.6) is 0 Å². The van der Waals surface area contributed by atoms with Crippen molar-refractivity contribution in [1.82, 2.24) is 5.32 Å². The highest BCUT2D eigenvalue weighted by atomic mass is 19.1. The first-order chi connectivity index (χ1) is 9.41. The molecule has 0 saturated heterocycles. The normalized spacial score (nSPS) is 33.6. The molecule has 1 atom stereocenters. The van der Waals surface area contributed by atoms with Crippen LogP contribution in [0, 0.1) is 24.0 Å². The van der Waals surface area contributed by atoms with Gasteiger partial charge in [0.25, 0.3) is 0 Å². The molecule has 0 aromatic heterocycles. The molecule has 1 N–H and O–H groups in total. The smallest absolute Gasteiger partial charge is 0.133 e. The average molecular weight is 283 g/mol. The molecule has 0 heterocycles. The quantitative estimate of drug-likeness (QED) is 0.876. The van der Waals surface area contributed by atoms with E-state index in [4.69, 9.17) is 0 Å². The average Bonchev–Trinajstić information content (AvgIpc) is 2.93. The van der Waals surface area contributed by atoms with Gasteiger partial charge >= 0.3 is 0 Å². The molecule has 0 aliphatic heterocycles. The van der Waals surface area contributed by atoms with Crippen LogP contribution in [0.4, 0.5) is 13.2 Å². The maximum atomic E-state index is 14.4. The highest BCUT2D eigenvalue weighted by Crippen LogP contribution is 2.63. The maximum absolute atomic E-state index is 14.4. The van der Waals surface area contributed by atoms with Gasteiger partial charge in [0, 0.05) is 11.6 Å². The number of benzene rings is 1. The maximum Gasteiger partial charge on any atom is 0.133 e. The Morgan fingerprint density at radius 2 is 1.80 bits per heavy atom. The van der Waals surface area contributed by atoms with Crippen LogP contribution in [-0.2, 0) is 0 Å². The van der Waals surface area contributed by atoms with Crippen LogP contribution < -0.4 is 5.32 Å². The summed E-state index contributed by atoms with van der Waals surface area (Å²) >= 11 is 0. The van der Waals surface area contributed by atoms with Gasteiger partial charge < -0.3 is 5.32 Å². The third kappa shape index (κ3) is 1.88. The van der Waals surface area contributed by atoms with E-state index in [0.717, 1.165) is 0 Å². The Morgan fingerprint density at radius 1 is 1.15 bits per heavy atom. The summed E-state index contributed by atoms with van der Waals surface area (Å²) in [6, 6.07) is 2.30. The lowest BCUT2D eigenvalue weighted by atomic mass is 9.74. The van der Waals surface area contributed by atoms with Gasteiger partial charge in [0.05, 0.1) is 0 Å². The molecule has 2 fully saturated rings. The highest BCUT2D eigenvalue weighted by Gasteiger charge is 2.58. The molecule has 20 heavy (non-hydrogen) atoms. The summed E-state index contributed by atoms with van der Waals surface area (Å²) in [7, 11) is 1.71.